The molecule has 1 N–H and O–H groups in total. The van der Waals surface area contributed by atoms with E-state index in [-0.39, 0.29) is 0 Å². The van der Waals surface area contributed by atoms with Crippen molar-refractivity contribution in [1.29, 1.82) is 0 Å². The summed E-state index contributed by atoms with van der Waals surface area (Å²) in [4.78, 5) is 0.682. The van der Waals surface area contributed by atoms with Crippen LogP contribution in [0.2, 0.25) is 0 Å². The lowest BCUT2D eigenvalue weighted by molar-refractivity contribution is 0.306. The van der Waals surface area contributed by atoms with Gasteiger partial charge in [-0.25, -0.2) is 0 Å². The van der Waals surface area contributed by atoms with Gasteiger partial charge in [0.1, 0.15) is 23.1 Å². The molecule has 3 aromatic rings. The Hall–Kier alpha value is -2.85. The number of methoxy groups -OCH3 is 1. The van der Waals surface area contributed by atoms with Gasteiger partial charge >= 0.3 is 0 Å². The molecule has 3 aromatic carbocycles. The zero-order valence-electron chi connectivity index (χ0n) is 14.6. The highest BCUT2D eigenvalue weighted by Gasteiger charge is 2.06. The van der Waals surface area contributed by atoms with Crippen molar-refractivity contribution < 1.29 is 9.47 Å². The maximum Gasteiger partial charge on any atom is 0.123 e. The molecule has 26 heavy (non-hydrogen) atoms. The van der Waals surface area contributed by atoms with E-state index in [1.54, 1.807) is 7.11 Å². The first kappa shape index (κ1) is 18.0. The summed E-state index contributed by atoms with van der Waals surface area (Å²) >= 11 is 5.53. The van der Waals surface area contributed by atoms with Crippen LogP contribution in [0.3, 0.4) is 0 Å². The minimum Gasteiger partial charge on any atom is -0.496 e. The Morgan fingerprint density at radius 2 is 1.69 bits per heavy atom. The molecule has 0 unspecified atom stereocenters. The number of para-hydroxylation sites is 1. The zero-order valence-corrected chi connectivity index (χ0v) is 15.5. The minimum atomic E-state index is 0.533. The van der Waals surface area contributed by atoms with Gasteiger partial charge in [0, 0.05) is 17.7 Å². The number of ether oxygens (including phenoxy) is 2. The SMILES string of the molecule is COc1ccccc1CNC(=S)c1cccc(OCc2ccccc2)c1. The van der Waals surface area contributed by atoms with E-state index in [0.717, 1.165) is 28.2 Å². The van der Waals surface area contributed by atoms with Crippen LogP contribution in [0.25, 0.3) is 0 Å². The molecule has 132 valence electrons. The second-order valence-corrected chi connectivity index (χ2v) is 6.20. The van der Waals surface area contributed by atoms with Gasteiger partial charge in [-0.1, -0.05) is 72.9 Å². The van der Waals surface area contributed by atoms with E-state index >= 15 is 0 Å². The van der Waals surface area contributed by atoms with Crippen molar-refractivity contribution in [2.45, 2.75) is 13.2 Å². The second-order valence-electron chi connectivity index (χ2n) is 5.80. The van der Waals surface area contributed by atoms with E-state index in [4.69, 9.17) is 21.7 Å². The van der Waals surface area contributed by atoms with Crippen LogP contribution in [0.1, 0.15) is 16.7 Å². The zero-order chi connectivity index (χ0) is 18.2. The standard InChI is InChI=1S/C22H21NO2S/c1-24-21-13-6-5-10-19(21)15-23-22(26)18-11-7-12-20(14-18)25-16-17-8-3-2-4-9-17/h2-14H,15-16H2,1H3,(H,23,26). The third-order valence-corrected chi connectivity index (χ3v) is 4.36. The molecule has 0 saturated carbocycles. The molecule has 0 spiro atoms. The van der Waals surface area contributed by atoms with Gasteiger partial charge in [0.15, 0.2) is 0 Å². The first-order chi connectivity index (χ1) is 12.8. The fourth-order valence-corrected chi connectivity index (χ4v) is 2.79. The Morgan fingerprint density at radius 1 is 0.923 bits per heavy atom. The molecule has 0 heterocycles. The highest BCUT2D eigenvalue weighted by molar-refractivity contribution is 7.80. The molecular weight excluding hydrogens is 342 g/mol. The van der Waals surface area contributed by atoms with Crippen molar-refractivity contribution in [2.24, 2.45) is 0 Å². The third kappa shape index (κ3) is 4.83. The summed E-state index contributed by atoms with van der Waals surface area (Å²) in [6.07, 6.45) is 0. The Kier molecular flexibility index (Phi) is 6.23. The molecule has 0 radical (unpaired) electrons. The lowest BCUT2D eigenvalue weighted by atomic mass is 10.1. The number of benzene rings is 3. The molecule has 0 fully saturated rings. The highest BCUT2D eigenvalue weighted by atomic mass is 32.1. The van der Waals surface area contributed by atoms with Crippen LogP contribution in [0.4, 0.5) is 0 Å². The minimum absolute atomic E-state index is 0.533. The Labute approximate surface area is 159 Å². The second kappa shape index (κ2) is 9.02. The molecule has 4 heteroatoms. The van der Waals surface area contributed by atoms with E-state index < -0.39 is 0 Å². The first-order valence-electron chi connectivity index (χ1n) is 8.43. The van der Waals surface area contributed by atoms with Crippen molar-refractivity contribution in [3.8, 4) is 11.5 Å². The van der Waals surface area contributed by atoms with Crippen LogP contribution in [0.5, 0.6) is 11.5 Å². The Balaban J connectivity index is 1.61. The average molecular weight is 363 g/mol. The van der Waals surface area contributed by atoms with E-state index in [9.17, 15) is 0 Å². The summed E-state index contributed by atoms with van der Waals surface area (Å²) in [5, 5.41) is 3.29. The summed E-state index contributed by atoms with van der Waals surface area (Å²) in [5.41, 5.74) is 3.13. The van der Waals surface area contributed by atoms with Gasteiger partial charge in [0.2, 0.25) is 0 Å². The molecule has 0 atom stereocenters. The number of hydrogen-bond donors (Lipinski definition) is 1. The van der Waals surface area contributed by atoms with Crippen LogP contribution >= 0.6 is 12.2 Å². The van der Waals surface area contributed by atoms with Gasteiger partial charge in [-0.2, -0.15) is 0 Å². The van der Waals surface area contributed by atoms with Crippen LogP contribution in [0, 0.1) is 0 Å². The lowest BCUT2D eigenvalue weighted by Gasteiger charge is -2.12. The fraction of sp³-hybridized carbons (Fsp3) is 0.136. The molecular formula is C22H21NO2S. The summed E-state index contributed by atoms with van der Waals surface area (Å²) in [7, 11) is 1.67. The maximum atomic E-state index is 5.87. The van der Waals surface area contributed by atoms with Gasteiger partial charge in [0.25, 0.3) is 0 Å². The Morgan fingerprint density at radius 3 is 2.50 bits per heavy atom. The number of hydrogen-bond acceptors (Lipinski definition) is 3. The average Bonchev–Trinajstić information content (AvgIpc) is 2.71. The van der Waals surface area contributed by atoms with Crippen LogP contribution in [-0.2, 0) is 13.2 Å². The van der Waals surface area contributed by atoms with Crippen molar-refractivity contribution in [3.05, 3.63) is 95.6 Å². The van der Waals surface area contributed by atoms with Crippen molar-refractivity contribution in [3.63, 3.8) is 0 Å². The van der Waals surface area contributed by atoms with E-state index in [0.29, 0.717) is 18.1 Å². The highest BCUT2D eigenvalue weighted by Crippen LogP contribution is 2.18. The van der Waals surface area contributed by atoms with Gasteiger partial charge in [-0.3, -0.25) is 0 Å². The Bertz CT molecular complexity index is 865. The van der Waals surface area contributed by atoms with Gasteiger partial charge < -0.3 is 14.8 Å². The van der Waals surface area contributed by atoms with Crippen molar-refractivity contribution >= 4 is 17.2 Å². The van der Waals surface area contributed by atoms with Gasteiger partial charge in [0.05, 0.1) is 7.11 Å². The summed E-state index contributed by atoms with van der Waals surface area (Å²) in [5.74, 6) is 1.65. The molecule has 3 nitrogen and oxygen atoms in total. The van der Waals surface area contributed by atoms with Crippen molar-refractivity contribution in [1.82, 2.24) is 5.32 Å². The normalized spacial score (nSPS) is 10.2. The number of rotatable bonds is 7. The van der Waals surface area contributed by atoms with E-state index in [2.05, 4.69) is 5.32 Å². The van der Waals surface area contributed by atoms with E-state index in [1.807, 2.05) is 78.9 Å². The predicted molar refractivity (Wildman–Crippen MR) is 109 cm³/mol. The molecule has 0 bridgehead atoms. The lowest BCUT2D eigenvalue weighted by Crippen LogP contribution is -2.22. The maximum absolute atomic E-state index is 5.87. The smallest absolute Gasteiger partial charge is 0.123 e. The predicted octanol–water partition coefficient (Wildman–Crippen LogP) is 4.74. The summed E-state index contributed by atoms with van der Waals surface area (Å²) < 4.78 is 11.2. The van der Waals surface area contributed by atoms with Crippen LogP contribution in [0.15, 0.2) is 78.9 Å². The molecule has 3 rings (SSSR count). The summed E-state index contributed by atoms with van der Waals surface area (Å²) in [6, 6.07) is 25.8. The van der Waals surface area contributed by atoms with Crippen molar-refractivity contribution in [2.75, 3.05) is 7.11 Å². The molecule has 0 aliphatic heterocycles. The molecule has 0 amide bonds. The third-order valence-electron chi connectivity index (χ3n) is 3.98. The van der Waals surface area contributed by atoms with Crippen LogP contribution < -0.4 is 14.8 Å². The fourth-order valence-electron chi connectivity index (χ4n) is 2.59. The van der Waals surface area contributed by atoms with Gasteiger partial charge in [-0.05, 0) is 23.8 Å². The molecule has 0 saturated heterocycles. The van der Waals surface area contributed by atoms with Gasteiger partial charge in [-0.15, -0.1) is 0 Å². The largest absolute Gasteiger partial charge is 0.496 e. The summed E-state index contributed by atoms with van der Waals surface area (Å²) in [6.45, 7) is 1.14. The van der Waals surface area contributed by atoms with E-state index in [1.165, 1.54) is 0 Å². The first-order valence-corrected chi connectivity index (χ1v) is 8.84. The monoisotopic (exact) mass is 363 g/mol. The van der Waals surface area contributed by atoms with Crippen LogP contribution in [-0.4, -0.2) is 12.1 Å². The number of nitrogens with one attached hydrogen (secondary N) is 1. The quantitative estimate of drug-likeness (QED) is 0.614. The topological polar surface area (TPSA) is 30.5 Å². The number of thiocarbonyl (C=S) groups is 1. The molecule has 0 aliphatic rings. The molecule has 0 aromatic heterocycles. The molecule has 0 aliphatic carbocycles.